The summed E-state index contributed by atoms with van der Waals surface area (Å²) in [6, 6.07) is 10.4. The van der Waals surface area contributed by atoms with Gasteiger partial charge in [0.25, 0.3) is 0 Å². The van der Waals surface area contributed by atoms with Crippen LogP contribution in [-0.2, 0) is 10.2 Å². The number of rotatable bonds is 6. The molecule has 2 aromatic rings. The number of benzene rings is 1. The Balaban J connectivity index is 1.33. The van der Waals surface area contributed by atoms with Gasteiger partial charge in [-0.25, -0.2) is 0 Å². The van der Waals surface area contributed by atoms with Gasteiger partial charge in [-0.1, -0.05) is 37.6 Å². The molecule has 0 amide bonds. The van der Waals surface area contributed by atoms with E-state index >= 15 is 0 Å². The van der Waals surface area contributed by atoms with E-state index in [1.54, 1.807) is 0 Å². The Hall–Kier alpha value is -2.16. The van der Waals surface area contributed by atoms with E-state index in [-0.39, 0.29) is 5.41 Å². The highest BCUT2D eigenvalue weighted by Crippen LogP contribution is 2.35. The molecule has 5 rings (SSSR count). The highest BCUT2D eigenvalue weighted by molar-refractivity contribution is 7.80. The number of hydrogen-bond donors (Lipinski definition) is 2. The second kappa shape index (κ2) is 12.3. The van der Waals surface area contributed by atoms with E-state index in [2.05, 4.69) is 52.5 Å². The van der Waals surface area contributed by atoms with Gasteiger partial charge in [-0.3, -0.25) is 0 Å². The largest absolute Gasteiger partial charge is 0.381 e. The van der Waals surface area contributed by atoms with Crippen molar-refractivity contribution in [1.82, 2.24) is 15.3 Å². The van der Waals surface area contributed by atoms with Gasteiger partial charge in [0.1, 0.15) is 11.6 Å². The van der Waals surface area contributed by atoms with E-state index in [1.807, 2.05) is 12.1 Å². The molecular formula is C29H41ClN6OS. The number of piperidine rings is 2. The molecule has 0 saturated carbocycles. The van der Waals surface area contributed by atoms with Crippen molar-refractivity contribution in [2.45, 2.75) is 57.8 Å². The fraction of sp³-hybridized carbons (Fsp3) is 0.621. The lowest BCUT2D eigenvalue weighted by Gasteiger charge is -2.38. The fourth-order valence-corrected chi connectivity index (χ4v) is 6.59. The first-order chi connectivity index (χ1) is 18.4. The molecule has 1 aromatic heterocycles. The molecule has 0 bridgehead atoms. The van der Waals surface area contributed by atoms with Crippen LogP contribution in [0.3, 0.4) is 0 Å². The van der Waals surface area contributed by atoms with Crippen LogP contribution in [0.2, 0.25) is 5.02 Å². The lowest BCUT2D eigenvalue weighted by Crippen LogP contribution is -2.45. The monoisotopic (exact) mass is 556 g/mol. The molecule has 9 heteroatoms. The van der Waals surface area contributed by atoms with E-state index in [4.69, 9.17) is 38.5 Å². The summed E-state index contributed by atoms with van der Waals surface area (Å²) in [6.45, 7) is 11.0. The number of aromatic nitrogens is 2. The molecule has 7 nitrogen and oxygen atoms in total. The molecule has 2 unspecified atom stereocenters. The zero-order valence-electron chi connectivity index (χ0n) is 22.7. The first-order valence-electron chi connectivity index (χ1n) is 14.2. The number of nitrogens with zero attached hydrogens (tertiary/aromatic N) is 4. The molecule has 0 aliphatic carbocycles. The molecule has 3 aliphatic heterocycles. The molecular weight excluding hydrogens is 516 g/mol. The van der Waals surface area contributed by atoms with Crippen LogP contribution in [0.5, 0.6) is 0 Å². The zero-order chi connectivity index (χ0) is 26.5. The van der Waals surface area contributed by atoms with Crippen molar-refractivity contribution >= 4 is 46.5 Å². The molecule has 3 saturated heterocycles. The van der Waals surface area contributed by atoms with E-state index in [1.165, 1.54) is 31.2 Å². The highest BCUT2D eigenvalue weighted by Gasteiger charge is 2.34. The van der Waals surface area contributed by atoms with Gasteiger partial charge in [-0.05, 0) is 80.3 Å². The first kappa shape index (κ1) is 27.4. The van der Waals surface area contributed by atoms with Gasteiger partial charge < -0.3 is 25.2 Å². The summed E-state index contributed by atoms with van der Waals surface area (Å²) in [6.07, 6.45) is 6.82. The van der Waals surface area contributed by atoms with Gasteiger partial charge >= 0.3 is 0 Å². The van der Waals surface area contributed by atoms with E-state index in [9.17, 15) is 0 Å². The smallest absolute Gasteiger partial charge is 0.232 e. The van der Waals surface area contributed by atoms with Crippen molar-refractivity contribution in [1.29, 1.82) is 0 Å². The Kier molecular flexibility index (Phi) is 8.91. The lowest BCUT2D eigenvalue weighted by molar-refractivity contribution is 0.0515. The lowest BCUT2D eigenvalue weighted by atomic mass is 9.74. The minimum Gasteiger partial charge on any atom is -0.381 e. The summed E-state index contributed by atoms with van der Waals surface area (Å²) in [7, 11) is 0. The number of thiocarbonyl (C=S) groups is 1. The standard InChI is InChI=1S/C29H41ClN6OS/c1-21-16-22(2)19-36(18-21)26-17-25(35-12-4-3-5-13-35)32-27(33-26)34-28(38)31-20-29(10-14-37-15-11-29)23-6-8-24(30)9-7-23/h6-9,17,21-22H,3-5,10-16,18-20H2,1-2H3,(H2,31,32,33,34,38). The van der Waals surface area contributed by atoms with Crippen molar-refractivity contribution in [3.05, 3.63) is 40.9 Å². The number of hydrogen-bond acceptors (Lipinski definition) is 6. The third kappa shape index (κ3) is 6.69. The average Bonchev–Trinajstić information content (AvgIpc) is 2.92. The van der Waals surface area contributed by atoms with Gasteiger partial charge in [0.2, 0.25) is 5.95 Å². The molecule has 206 valence electrons. The predicted molar refractivity (Wildman–Crippen MR) is 161 cm³/mol. The molecule has 38 heavy (non-hydrogen) atoms. The maximum atomic E-state index is 6.18. The Morgan fingerprint density at radius 3 is 2.29 bits per heavy atom. The Morgan fingerprint density at radius 2 is 1.63 bits per heavy atom. The summed E-state index contributed by atoms with van der Waals surface area (Å²) in [5.41, 5.74) is 1.20. The van der Waals surface area contributed by atoms with Crippen LogP contribution >= 0.6 is 23.8 Å². The highest BCUT2D eigenvalue weighted by atomic mass is 35.5. The van der Waals surface area contributed by atoms with Crippen molar-refractivity contribution < 1.29 is 4.74 Å². The molecule has 0 radical (unpaired) electrons. The van der Waals surface area contributed by atoms with Gasteiger partial charge in [0.15, 0.2) is 5.11 Å². The molecule has 2 N–H and O–H groups in total. The number of anilines is 3. The van der Waals surface area contributed by atoms with Gasteiger partial charge in [-0.15, -0.1) is 0 Å². The molecule has 3 aliphatic rings. The minimum atomic E-state index is -0.0592. The van der Waals surface area contributed by atoms with Crippen LogP contribution in [0, 0.1) is 11.8 Å². The average molecular weight is 557 g/mol. The van der Waals surface area contributed by atoms with Crippen molar-refractivity contribution in [2.24, 2.45) is 11.8 Å². The molecule has 1 aromatic carbocycles. The van der Waals surface area contributed by atoms with Crippen molar-refractivity contribution in [3.63, 3.8) is 0 Å². The Labute approximate surface area is 237 Å². The number of nitrogens with one attached hydrogen (secondary N) is 2. The zero-order valence-corrected chi connectivity index (χ0v) is 24.3. The predicted octanol–water partition coefficient (Wildman–Crippen LogP) is 5.64. The summed E-state index contributed by atoms with van der Waals surface area (Å²) < 4.78 is 5.70. The van der Waals surface area contributed by atoms with E-state index in [0.717, 1.165) is 68.9 Å². The van der Waals surface area contributed by atoms with Crippen LogP contribution in [0.15, 0.2) is 30.3 Å². The number of ether oxygens (including phenoxy) is 1. The number of halogens is 1. The summed E-state index contributed by atoms with van der Waals surface area (Å²) in [5.74, 6) is 3.85. The van der Waals surface area contributed by atoms with Crippen LogP contribution < -0.4 is 20.4 Å². The second-order valence-corrected chi connectivity index (χ2v) is 12.4. The topological polar surface area (TPSA) is 65.5 Å². The molecule has 0 spiro atoms. The minimum absolute atomic E-state index is 0.0592. The quantitative estimate of drug-likeness (QED) is 0.443. The van der Waals surface area contributed by atoms with E-state index in [0.29, 0.717) is 29.4 Å². The van der Waals surface area contributed by atoms with Crippen LogP contribution in [0.25, 0.3) is 0 Å². The SMILES string of the molecule is CC1CC(C)CN(c2cc(N3CCCCC3)nc(NC(=S)NCC3(c4ccc(Cl)cc4)CCOCC3)n2)C1. The summed E-state index contributed by atoms with van der Waals surface area (Å²) in [5, 5.41) is 8.12. The van der Waals surface area contributed by atoms with Gasteiger partial charge in [0.05, 0.1) is 0 Å². The second-order valence-electron chi connectivity index (χ2n) is 11.5. The van der Waals surface area contributed by atoms with Crippen molar-refractivity contribution in [3.8, 4) is 0 Å². The summed E-state index contributed by atoms with van der Waals surface area (Å²) in [4.78, 5) is 14.7. The third-order valence-electron chi connectivity index (χ3n) is 8.29. The fourth-order valence-electron chi connectivity index (χ4n) is 6.30. The van der Waals surface area contributed by atoms with E-state index < -0.39 is 0 Å². The van der Waals surface area contributed by atoms with Crippen molar-refractivity contribution in [2.75, 3.05) is 61.1 Å². The molecule has 2 atom stereocenters. The molecule has 3 fully saturated rings. The Morgan fingerprint density at radius 1 is 1.00 bits per heavy atom. The maximum absolute atomic E-state index is 6.18. The summed E-state index contributed by atoms with van der Waals surface area (Å²) >= 11 is 12.0. The van der Waals surface area contributed by atoms with Gasteiger partial charge in [0, 0.05) is 62.4 Å². The van der Waals surface area contributed by atoms with Crippen LogP contribution in [0.1, 0.15) is 57.9 Å². The molecule has 4 heterocycles. The van der Waals surface area contributed by atoms with Crippen LogP contribution in [-0.4, -0.2) is 61.0 Å². The first-order valence-corrected chi connectivity index (χ1v) is 15.0. The van der Waals surface area contributed by atoms with Gasteiger partial charge in [-0.2, -0.15) is 9.97 Å². The van der Waals surface area contributed by atoms with Crippen LogP contribution in [0.4, 0.5) is 17.6 Å². The Bertz CT molecular complexity index is 1080. The normalized spacial score (nSPS) is 23.7. The maximum Gasteiger partial charge on any atom is 0.232 e. The third-order valence-corrected chi connectivity index (χ3v) is 8.79.